The topological polar surface area (TPSA) is 36.4 Å². The van der Waals surface area contributed by atoms with E-state index in [2.05, 4.69) is 29.1 Å². The molecule has 15 heavy (non-hydrogen) atoms. The Morgan fingerprint density at radius 1 is 1.47 bits per heavy atom. The van der Waals surface area contributed by atoms with Crippen LogP contribution < -0.4 is 0 Å². The van der Waals surface area contributed by atoms with Crippen molar-refractivity contribution >= 4 is 11.3 Å². The molecule has 1 heterocycles. The van der Waals surface area contributed by atoms with Gasteiger partial charge in [-0.15, -0.1) is 11.3 Å². The molecule has 0 radical (unpaired) electrons. The third-order valence-electron chi connectivity index (χ3n) is 2.69. The number of aliphatic hydroxyl groups is 1. The summed E-state index contributed by atoms with van der Waals surface area (Å²) < 4.78 is 0. The maximum Gasteiger partial charge on any atom is 0.0795 e. The van der Waals surface area contributed by atoms with Crippen molar-refractivity contribution in [1.82, 2.24) is 9.88 Å². The van der Waals surface area contributed by atoms with E-state index in [1.807, 2.05) is 5.51 Å². The highest BCUT2D eigenvalue weighted by Crippen LogP contribution is 2.13. The zero-order chi connectivity index (χ0) is 11.1. The molecular formula is C11H20N2OS. The molecule has 1 N–H and O–H groups in total. The van der Waals surface area contributed by atoms with Gasteiger partial charge in [-0.2, -0.15) is 0 Å². The Bertz CT molecular complexity index is 247. The van der Waals surface area contributed by atoms with E-state index in [0.717, 1.165) is 31.6 Å². The Labute approximate surface area is 95.8 Å². The molecular weight excluding hydrogens is 208 g/mol. The number of aromatic nitrogens is 1. The van der Waals surface area contributed by atoms with Crippen molar-refractivity contribution in [3.05, 3.63) is 16.6 Å². The molecule has 1 aromatic rings. The van der Waals surface area contributed by atoms with Gasteiger partial charge in [0, 0.05) is 24.5 Å². The summed E-state index contributed by atoms with van der Waals surface area (Å²) in [6.45, 7) is 6.21. The van der Waals surface area contributed by atoms with E-state index in [9.17, 15) is 0 Å². The van der Waals surface area contributed by atoms with Crippen LogP contribution in [0.25, 0.3) is 0 Å². The van der Waals surface area contributed by atoms with E-state index >= 15 is 0 Å². The molecule has 0 aliphatic rings. The molecule has 0 unspecified atom stereocenters. The summed E-state index contributed by atoms with van der Waals surface area (Å²) >= 11 is 1.63. The molecule has 0 atom stereocenters. The lowest BCUT2D eigenvalue weighted by atomic mass is 10.1. The van der Waals surface area contributed by atoms with Gasteiger partial charge in [0.05, 0.1) is 17.8 Å². The molecule has 0 spiro atoms. The Kier molecular flexibility index (Phi) is 5.83. The summed E-state index contributed by atoms with van der Waals surface area (Å²) in [7, 11) is 0. The van der Waals surface area contributed by atoms with Gasteiger partial charge in [0.25, 0.3) is 0 Å². The van der Waals surface area contributed by atoms with Crippen LogP contribution in [0.5, 0.6) is 0 Å². The molecule has 0 amide bonds. The summed E-state index contributed by atoms with van der Waals surface area (Å²) in [5, 5.41) is 11.1. The third-order valence-corrected chi connectivity index (χ3v) is 3.33. The Hall–Kier alpha value is -0.450. The van der Waals surface area contributed by atoms with Crippen molar-refractivity contribution < 1.29 is 5.11 Å². The van der Waals surface area contributed by atoms with Gasteiger partial charge in [-0.3, -0.25) is 4.90 Å². The summed E-state index contributed by atoms with van der Waals surface area (Å²) in [5.74, 6) is 0. The molecule has 0 bridgehead atoms. The van der Waals surface area contributed by atoms with Crippen LogP contribution in [0.2, 0.25) is 0 Å². The van der Waals surface area contributed by atoms with Gasteiger partial charge in [-0.05, 0) is 12.8 Å². The highest BCUT2D eigenvalue weighted by atomic mass is 32.1. The van der Waals surface area contributed by atoms with Gasteiger partial charge < -0.3 is 5.11 Å². The molecule has 0 saturated carbocycles. The molecule has 0 fully saturated rings. The van der Waals surface area contributed by atoms with Gasteiger partial charge in [-0.25, -0.2) is 4.98 Å². The fourth-order valence-corrected chi connectivity index (χ4v) is 2.40. The van der Waals surface area contributed by atoms with Crippen LogP contribution >= 0.6 is 11.3 Å². The maximum absolute atomic E-state index is 9.05. The van der Waals surface area contributed by atoms with Crippen molar-refractivity contribution in [3.63, 3.8) is 0 Å². The minimum absolute atomic E-state index is 0.223. The number of rotatable bonds is 7. The number of hydrogen-bond donors (Lipinski definition) is 1. The SMILES string of the molecule is CCC(CC)N(CCO)Cc1cscn1. The van der Waals surface area contributed by atoms with Gasteiger partial charge in [0.15, 0.2) is 0 Å². The Morgan fingerprint density at radius 3 is 2.67 bits per heavy atom. The molecule has 1 aromatic heterocycles. The summed E-state index contributed by atoms with van der Waals surface area (Å²) in [6, 6.07) is 0.554. The van der Waals surface area contributed by atoms with Crippen LogP contribution in [0.15, 0.2) is 10.9 Å². The van der Waals surface area contributed by atoms with Crippen LogP contribution in [0.1, 0.15) is 32.4 Å². The minimum Gasteiger partial charge on any atom is -0.395 e. The van der Waals surface area contributed by atoms with Gasteiger partial charge in [0.1, 0.15) is 0 Å². The predicted octanol–water partition coefficient (Wildman–Crippen LogP) is 2.13. The maximum atomic E-state index is 9.05. The average Bonchev–Trinajstić information content (AvgIpc) is 2.72. The molecule has 0 aliphatic carbocycles. The first-order valence-electron chi connectivity index (χ1n) is 5.53. The van der Waals surface area contributed by atoms with Crippen LogP contribution in [0, 0.1) is 0 Å². The predicted molar refractivity (Wildman–Crippen MR) is 64.0 cm³/mol. The van der Waals surface area contributed by atoms with Crippen LogP contribution in [0.4, 0.5) is 0 Å². The molecule has 4 heteroatoms. The Morgan fingerprint density at radius 2 is 2.20 bits per heavy atom. The Balaban J connectivity index is 2.56. The fourth-order valence-electron chi connectivity index (χ4n) is 1.85. The normalized spacial score (nSPS) is 11.5. The first-order chi connectivity index (χ1) is 7.31. The smallest absolute Gasteiger partial charge is 0.0795 e. The summed E-state index contributed by atoms with van der Waals surface area (Å²) in [4.78, 5) is 6.60. The van der Waals surface area contributed by atoms with Gasteiger partial charge >= 0.3 is 0 Å². The first-order valence-corrected chi connectivity index (χ1v) is 6.48. The van der Waals surface area contributed by atoms with E-state index in [0.29, 0.717) is 6.04 Å². The number of aliphatic hydroxyl groups excluding tert-OH is 1. The van der Waals surface area contributed by atoms with E-state index in [-0.39, 0.29) is 6.61 Å². The lowest BCUT2D eigenvalue weighted by Gasteiger charge is -2.29. The summed E-state index contributed by atoms with van der Waals surface area (Å²) in [5.41, 5.74) is 2.97. The van der Waals surface area contributed by atoms with E-state index in [1.165, 1.54) is 0 Å². The second kappa shape index (κ2) is 6.93. The van der Waals surface area contributed by atoms with Crippen LogP contribution in [-0.2, 0) is 6.54 Å². The second-order valence-electron chi connectivity index (χ2n) is 3.64. The van der Waals surface area contributed by atoms with E-state index in [4.69, 9.17) is 5.11 Å². The van der Waals surface area contributed by atoms with E-state index in [1.54, 1.807) is 11.3 Å². The zero-order valence-corrected chi connectivity index (χ0v) is 10.3. The molecule has 0 aromatic carbocycles. The van der Waals surface area contributed by atoms with Gasteiger partial charge in [0.2, 0.25) is 0 Å². The third kappa shape index (κ3) is 3.89. The van der Waals surface area contributed by atoms with Crippen LogP contribution in [0.3, 0.4) is 0 Å². The highest BCUT2D eigenvalue weighted by Gasteiger charge is 2.15. The standard InChI is InChI=1S/C11H20N2OS/c1-3-11(4-2)13(5-6-14)7-10-8-15-9-12-10/h8-9,11,14H,3-7H2,1-2H3. The lowest BCUT2D eigenvalue weighted by Crippen LogP contribution is -2.36. The summed E-state index contributed by atoms with van der Waals surface area (Å²) in [6.07, 6.45) is 2.25. The molecule has 1 rings (SSSR count). The zero-order valence-electron chi connectivity index (χ0n) is 9.52. The van der Waals surface area contributed by atoms with Crippen molar-refractivity contribution in [2.75, 3.05) is 13.2 Å². The van der Waals surface area contributed by atoms with Crippen LogP contribution in [-0.4, -0.2) is 34.2 Å². The van der Waals surface area contributed by atoms with E-state index < -0.39 is 0 Å². The van der Waals surface area contributed by atoms with Crippen molar-refractivity contribution in [2.45, 2.75) is 39.3 Å². The minimum atomic E-state index is 0.223. The molecule has 86 valence electrons. The van der Waals surface area contributed by atoms with Gasteiger partial charge in [-0.1, -0.05) is 13.8 Å². The molecule has 3 nitrogen and oxygen atoms in total. The second-order valence-corrected chi connectivity index (χ2v) is 4.36. The molecule has 0 aliphatic heterocycles. The highest BCUT2D eigenvalue weighted by molar-refractivity contribution is 7.07. The van der Waals surface area contributed by atoms with Crippen molar-refractivity contribution in [2.24, 2.45) is 0 Å². The monoisotopic (exact) mass is 228 g/mol. The quantitative estimate of drug-likeness (QED) is 0.776. The van der Waals surface area contributed by atoms with Crippen molar-refractivity contribution in [1.29, 1.82) is 0 Å². The number of nitrogens with zero attached hydrogens (tertiary/aromatic N) is 2. The largest absolute Gasteiger partial charge is 0.395 e. The molecule has 0 saturated heterocycles. The fraction of sp³-hybridized carbons (Fsp3) is 0.727. The lowest BCUT2D eigenvalue weighted by molar-refractivity contribution is 0.135. The first kappa shape index (κ1) is 12.6. The van der Waals surface area contributed by atoms with Crippen molar-refractivity contribution in [3.8, 4) is 0 Å². The average molecular weight is 228 g/mol. The number of thiazole rings is 1. The number of hydrogen-bond acceptors (Lipinski definition) is 4.